The van der Waals surface area contributed by atoms with Gasteiger partial charge in [0.05, 0.1) is 0 Å². The Hall–Kier alpha value is -2.32. The van der Waals surface area contributed by atoms with Gasteiger partial charge in [-0.25, -0.2) is 0 Å². The number of benzene rings is 2. The molecule has 26 heavy (non-hydrogen) atoms. The van der Waals surface area contributed by atoms with Crippen LogP contribution in [-0.2, 0) is 9.53 Å². The van der Waals surface area contributed by atoms with Crippen LogP contribution >= 0.6 is 0 Å². The Morgan fingerprint density at radius 3 is 2.19 bits per heavy atom. The van der Waals surface area contributed by atoms with Gasteiger partial charge < -0.3 is 0 Å². The Kier molecular flexibility index (Phi) is 5.33. The first-order valence-corrected chi connectivity index (χ1v) is 10.3. The number of hydrogen-bond donors (Lipinski definition) is 1. The minimum atomic E-state index is -1.15. The number of allylic oxidation sites excluding steroid dienone is 1. The summed E-state index contributed by atoms with van der Waals surface area (Å²) in [4.78, 5) is 23.8. The average Bonchev–Trinajstić information content (AvgIpc) is 2.94. The molecular formula is C21H20AsO4. The van der Waals surface area contributed by atoms with Crippen LogP contribution in [0, 0.1) is 0 Å². The maximum atomic E-state index is 12.3. The minimum absolute atomic E-state index is 0.0111. The molecule has 4 nitrogen and oxygen atoms in total. The molecule has 133 valence electrons. The standard InChI is InChI=1S/C21H20AsO4/c1-3-12-21(2,19(23)24)22-20(25)26-13-18-16-10-6-4-8-14(16)15-9-5-7-11-17(15)18/h3-11,18H,1,12-13H2,2H3,(H,23,24). The van der Waals surface area contributed by atoms with Gasteiger partial charge in [0, 0.05) is 0 Å². The number of carbonyl (C=O) groups is 2. The summed E-state index contributed by atoms with van der Waals surface area (Å²) in [5, 5.41) is 9.42. The molecule has 0 heterocycles. The van der Waals surface area contributed by atoms with Crippen molar-refractivity contribution in [2.24, 2.45) is 0 Å². The predicted molar refractivity (Wildman–Crippen MR) is 102 cm³/mol. The van der Waals surface area contributed by atoms with E-state index in [1.807, 2.05) is 24.3 Å². The second-order valence-electron chi connectivity index (χ2n) is 6.49. The second-order valence-corrected chi connectivity index (χ2v) is 9.79. The van der Waals surface area contributed by atoms with E-state index in [1.54, 1.807) is 13.0 Å². The van der Waals surface area contributed by atoms with Gasteiger partial charge in [-0.2, -0.15) is 0 Å². The first-order valence-electron chi connectivity index (χ1n) is 8.38. The third-order valence-electron chi connectivity index (χ3n) is 4.68. The molecule has 0 aromatic heterocycles. The molecule has 1 atom stereocenters. The van der Waals surface area contributed by atoms with E-state index in [9.17, 15) is 14.7 Å². The molecule has 0 fully saturated rings. The van der Waals surface area contributed by atoms with Gasteiger partial charge >= 0.3 is 159 Å². The number of carboxylic acid groups (broad SMARTS) is 1. The molecule has 5 heteroatoms. The van der Waals surface area contributed by atoms with Crippen molar-refractivity contribution in [3.8, 4) is 11.1 Å². The van der Waals surface area contributed by atoms with Crippen molar-refractivity contribution in [2.75, 3.05) is 6.61 Å². The van der Waals surface area contributed by atoms with E-state index in [0.29, 0.717) is 0 Å². The van der Waals surface area contributed by atoms with Gasteiger partial charge in [0.25, 0.3) is 0 Å². The monoisotopic (exact) mass is 411 g/mol. The Morgan fingerprint density at radius 1 is 1.15 bits per heavy atom. The summed E-state index contributed by atoms with van der Waals surface area (Å²) >= 11 is -1.15. The Balaban J connectivity index is 1.75. The van der Waals surface area contributed by atoms with Crippen LogP contribution in [0.3, 0.4) is 0 Å². The molecule has 1 N–H and O–H groups in total. The van der Waals surface area contributed by atoms with Crippen LogP contribution in [0.1, 0.15) is 30.4 Å². The van der Waals surface area contributed by atoms with Gasteiger partial charge in [0.2, 0.25) is 0 Å². The number of aliphatic carboxylic acids is 1. The molecule has 0 saturated heterocycles. The van der Waals surface area contributed by atoms with Crippen LogP contribution in [0.4, 0.5) is 4.79 Å². The third kappa shape index (κ3) is 3.47. The number of carbonyl (C=O) groups excluding carboxylic acids is 1. The summed E-state index contributed by atoms with van der Waals surface area (Å²) in [6.07, 6.45) is 1.80. The molecule has 1 aliphatic carbocycles. The van der Waals surface area contributed by atoms with Crippen molar-refractivity contribution in [3.63, 3.8) is 0 Å². The quantitative estimate of drug-likeness (QED) is 0.539. The van der Waals surface area contributed by atoms with Crippen molar-refractivity contribution < 1.29 is 19.4 Å². The summed E-state index contributed by atoms with van der Waals surface area (Å²) in [5.74, 6) is -0.992. The van der Waals surface area contributed by atoms with Crippen molar-refractivity contribution in [3.05, 3.63) is 72.3 Å². The molecule has 0 aliphatic heterocycles. The molecule has 0 saturated carbocycles. The van der Waals surface area contributed by atoms with Crippen LogP contribution in [0.25, 0.3) is 11.1 Å². The van der Waals surface area contributed by atoms with Crippen molar-refractivity contribution in [1.82, 2.24) is 0 Å². The van der Waals surface area contributed by atoms with E-state index in [0.717, 1.165) is 11.1 Å². The van der Waals surface area contributed by atoms with Crippen molar-refractivity contribution in [1.29, 1.82) is 0 Å². The molecule has 3 rings (SSSR count). The topological polar surface area (TPSA) is 63.6 Å². The van der Waals surface area contributed by atoms with Crippen LogP contribution in [-0.4, -0.2) is 38.2 Å². The predicted octanol–water partition coefficient (Wildman–Crippen LogP) is 4.48. The Labute approximate surface area is 159 Å². The first kappa shape index (κ1) is 18.5. The molecule has 0 bridgehead atoms. The van der Waals surface area contributed by atoms with Crippen molar-refractivity contribution in [2.45, 2.75) is 23.5 Å². The molecule has 0 amide bonds. The van der Waals surface area contributed by atoms with E-state index in [2.05, 4.69) is 30.8 Å². The summed E-state index contributed by atoms with van der Waals surface area (Å²) in [6, 6.07) is 16.2. The van der Waals surface area contributed by atoms with Gasteiger partial charge in [-0.1, -0.05) is 0 Å². The Morgan fingerprint density at radius 2 is 1.69 bits per heavy atom. The van der Waals surface area contributed by atoms with Crippen LogP contribution in [0.2, 0.25) is 4.20 Å². The normalized spacial score (nSPS) is 15.3. The van der Waals surface area contributed by atoms with E-state index in [4.69, 9.17) is 4.74 Å². The second kappa shape index (κ2) is 7.51. The SMILES string of the molecule is C=CCC(C)([As]C(=O)OCC1c2ccccc2-c2ccccc21)C(=O)O. The molecule has 1 radical (unpaired) electrons. The first-order chi connectivity index (χ1) is 12.5. The van der Waals surface area contributed by atoms with Gasteiger partial charge in [-0.15, -0.1) is 0 Å². The molecule has 1 unspecified atom stereocenters. The van der Waals surface area contributed by atoms with Crippen molar-refractivity contribution >= 4 is 26.5 Å². The van der Waals surface area contributed by atoms with Gasteiger partial charge in [-0.05, 0) is 0 Å². The Bertz CT molecular complexity index is 815. The number of rotatable bonds is 7. The number of ether oxygens (including phenoxy) is 1. The molecular weight excluding hydrogens is 391 g/mol. The van der Waals surface area contributed by atoms with E-state index >= 15 is 0 Å². The number of fused-ring (bicyclic) bond motifs is 3. The summed E-state index contributed by atoms with van der Waals surface area (Å²) in [7, 11) is 0. The van der Waals surface area contributed by atoms with Gasteiger partial charge in [0.15, 0.2) is 0 Å². The van der Waals surface area contributed by atoms with E-state index in [-0.39, 0.29) is 18.9 Å². The summed E-state index contributed by atoms with van der Waals surface area (Å²) in [6.45, 7) is 5.40. The summed E-state index contributed by atoms with van der Waals surface area (Å²) in [5.41, 5.74) is 4.62. The third-order valence-corrected chi connectivity index (χ3v) is 7.15. The molecule has 0 spiro atoms. The van der Waals surface area contributed by atoms with Crippen LogP contribution in [0.15, 0.2) is 61.2 Å². The number of carboxylic acids is 1. The molecule has 2 aromatic carbocycles. The molecule has 2 aromatic rings. The van der Waals surface area contributed by atoms with Gasteiger partial charge in [-0.3, -0.25) is 0 Å². The van der Waals surface area contributed by atoms with Gasteiger partial charge in [0.1, 0.15) is 0 Å². The van der Waals surface area contributed by atoms with E-state index < -0.39 is 30.7 Å². The van der Waals surface area contributed by atoms with Crippen LogP contribution < -0.4 is 0 Å². The number of hydrogen-bond acceptors (Lipinski definition) is 3. The van der Waals surface area contributed by atoms with Crippen LogP contribution in [0.5, 0.6) is 0 Å². The fourth-order valence-corrected chi connectivity index (χ4v) is 5.09. The summed E-state index contributed by atoms with van der Waals surface area (Å²) < 4.78 is 4.03. The van der Waals surface area contributed by atoms with E-state index in [1.165, 1.54) is 11.1 Å². The average molecular weight is 411 g/mol. The maximum absolute atomic E-state index is 12.3. The molecule has 1 aliphatic rings. The fraction of sp³-hybridized carbons (Fsp3) is 0.238. The zero-order valence-corrected chi connectivity index (χ0v) is 16.4. The zero-order valence-electron chi connectivity index (χ0n) is 14.5. The zero-order chi connectivity index (χ0) is 18.7. The fourth-order valence-electron chi connectivity index (χ4n) is 3.29.